The first kappa shape index (κ1) is 25.9. The second-order valence-electron chi connectivity index (χ2n) is 10.2. The van der Waals surface area contributed by atoms with Crippen LogP contribution in [0.4, 0.5) is 5.82 Å². The van der Waals surface area contributed by atoms with Crippen LogP contribution in [0, 0.1) is 6.92 Å². The molecule has 0 spiro atoms. The molecule has 1 aromatic carbocycles. The molecule has 0 atom stereocenters. The van der Waals surface area contributed by atoms with E-state index in [1.165, 1.54) is 12.5 Å². The smallest absolute Gasteiger partial charge is 0.222 e. The number of aryl methyl sites for hydroxylation is 3. The lowest BCUT2D eigenvalue weighted by molar-refractivity contribution is -0.118. The highest BCUT2D eigenvalue weighted by molar-refractivity contribution is 7.11. The number of amides is 1. The minimum absolute atomic E-state index is 0.106. The Bertz CT molecular complexity index is 1450. The van der Waals surface area contributed by atoms with Crippen molar-refractivity contribution in [3.63, 3.8) is 0 Å². The standard InChI is InChI=1S/C29H31N5O3S/c1-19-4-7-22(8-5-19)34-23(14-26(33-34)29(3)17-37-18-29)13-24(36)15-28-31-16-25(38-28)9-6-21-10-11-30-27(12-21)32-20(2)35/h4-5,7-8,10-12,14,16H,6,9,13,15,17-18H2,1-3H3,(H,30,32,35). The Morgan fingerprint density at radius 2 is 1.87 bits per heavy atom. The van der Waals surface area contributed by atoms with E-state index in [-0.39, 0.29) is 23.5 Å². The van der Waals surface area contributed by atoms with Crippen molar-refractivity contribution in [2.45, 2.75) is 51.9 Å². The third-order valence-corrected chi connectivity index (χ3v) is 7.70. The zero-order chi connectivity index (χ0) is 26.7. The zero-order valence-corrected chi connectivity index (χ0v) is 22.7. The molecule has 0 radical (unpaired) electrons. The summed E-state index contributed by atoms with van der Waals surface area (Å²) in [6.45, 7) is 6.95. The van der Waals surface area contributed by atoms with Crippen molar-refractivity contribution < 1.29 is 14.3 Å². The number of benzene rings is 1. The first-order valence-electron chi connectivity index (χ1n) is 12.7. The molecule has 1 amide bonds. The van der Waals surface area contributed by atoms with Crippen LogP contribution in [0.15, 0.2) is 54.9 Å². The SMILES string of the molecule is CC(=O)Nc1cc(CCc2cnc(CC(=O)Cc3cc(C4(C)COC4)nn3-c3ccc(C)cc3)s2)ccn1. The van der Waals surface area contributed by atoms with E-state index in [2.05, 4.69) is 47.3 Å². The van der Waals surface area contributed by atoms with Crippen LogP contribution >= 0.6 is 11.3 Å². The average molecular weight is 530 g/mol. The maximum absolute atomic E-state index is 13.1. The Balaban J connectivity index is 1.24. The van der Waals surface area contributed by atoms with Gasteiger partial charge in [0.25, 0.3) is 0 Å². The van der Waals surface area contributed by atoms with Gasteiger partial charge in [0.1, 0.15) is 16.6 Å². The van der Waals surface area contributed by atoms with Crippen molar-refractivity contribution in [3.8, 4) is 5.69 Å². The van der Waals surface area contributed by atoms with Crippen molar-refractivity contribution in [1.29, 1.82) is 0 Å². The summed E-state index contributed by atoms with van der Waals surface area (Å²) in [6.07, 6.45) is 5.74. The molecule has 0 aliphatic carbocycles. The van der Waals surface area contributed by atoms with Crippen molar-refractivity contribution >= 4 is 28.8 Å². The van der Waals surface area contributed by atoms with Crippen molar-refractivity contribution in [2.75, 3.05) is 18.5 Å². The molecule has 1 fully saturated rings. The van der Waals surface area contributed by atoms with Gasteiger partial charge in [0.2, 0.25) is 5.91 Å². The number of ether oxygens (including phenoxy) is 1. The molecule has 3 aromatic heterocycles. The number of aromatic nitrogens is 4. The van der Waals surface area contributed by atoms with Crippen molar-refractivity contribution in [3.05, 3.63) is 87.3 Å². The third kappa shape index (κ3) is 6.06. The van der Waals surface area contributed by atoms with Gasteiger partial charge in [0, 0.05) is 30.6 Å². The molecule has 4 aromatic rings. The Morgan fingerprint density at radius 3 is 2.58 bits per heavy atom. The fraction of sp³-hybridized carbons (Fsp3) is 0.345. The number of ketones is 1. The number of pyridine rings is 1. The van der Waals surface area contributed by atoms with Gasteiger partial charge in [-0.2, -0.15) is 5.10 Å². The molecule has 196 valence electrons. The fourth-order valence-corrected chi connectivity index (χ4v) is 5.38. The molecule has 38 heavy (non-hydrogen) atoms. The van der Waals surface area contributed by atoms with Crippen LogP contribution in [0.3, 0.4) is 0 Å². The number of carbonyl (C=O) groups is 2. The highest BCUT2D eigenvalue weighted by Gasteiger charge is 2.38. The molecular weight excluding hydrogens is 498 g/mol. The molecule has 1 saturated heterocycles. The predicted molar refractivity (Wildman–Crippen MR) is 147 cm³/mol. The van der Waals surface area contributed by atoms with Gasteiger partial charge < -0.3 is 10.1 Å². The Labute approximate surface area is 226 Å². The first-order valence-corrected chi connectivity index (χ1v) is 13.5. The van der Waals surface area contributed by atoms with Crippen LogP contribution < -0.4 is 5.32 Å². The van der Waals surface area contributed by atoms with E-state index in [1.54, 1.807) is 17.5 Å². The second-order valence-corrected chi connectivity index (χ2v) is 11.4. The number of anilines is 1. The van der Waals surface area contributed by atoms with E-state index in [0.717, 1.165) is 45.4 Å². The largest absolute Gasteiger partial charge is 0.379 e. The molecule has 9 heteroatoms. The lowest BCUT2D eigenvalue weighted by Gasteiger charge is -2.36. The van der Waals surface area contributed by atoms with E-state index in [9.17, 15) is 9.59 Å². The minimum Gasteiger partial charge on any atom is -0.379 e. The maximum atomic E-state index is 13.1. The van der Waals surface area contributed by atoms with Gasteiger partial charge in [0.05, 0.1) is 42.1 Å². The van der Waals surface area contributed by atoms with Gasteiger partial charge in [-0.1, -0.05) is 17.7 Å². The third-order valence-electron chi connectivity index (χ3n) is 6.64. The molecule has 1 aliphatic rings. The number of nitrogens with one attached hydrogen (secondary N) is 1. The minimum atomic E-state index is -0.143. The van der Waals surface area contributed by atoms with Crippen LogP contribution in [0.25, 0.3) is 5.69 Å². The summed E-state index contributed by atoms with van der Waals surface area (Å²) in [5.74, 6) is 0.517. The van der Waals surface area contributed by atoms with Gasteiger partial charge in [0.15, 0.2) is 0 Å². The number of carbonyl (C=O) groups excluding carboxylic acids is 2. The van der Waals surface area contributed by atoms with Crippen LogP contribution in [-0.2, 0) is 45.4 Å². The molecule has 5 rings (SSSR count). The number of hydrogen-bond donors (Lipinski definition) is 1. The fourth-order valence-electron chi connectivity index (χ4n) is 4.43. The summed E-state index contributed by atoms with van der Waals surface area (Å²) in [5.41, 5.74) is 4.93. The predicted octanol–water partition coefficient (Wildman–Crippen LogP) is 4.42. The summed E-state index contributed by atoms with van der Waals surface area (Å²) < 4.78 is 7.35. The molecule has 1 aliphatic heterocycles. The van der Waals surface area contributed by atoms with Crippen LogP contribution in [0.5, 0.6) is 0 Å². The van der Waals surface area contributed by atoms with E-state index < -0.39 is 0 Å². The lowest BCUT2D eigenvalue weighted by Crippen LogP contribution is -2.44. The van der Waals surface area contributed by atoms with E-state index in [0.29, 0.717) is 25.5 Å². The molecule has 0 saturated carbocycles. The molecule has 0 unspecified atom stereocenters. The van der Waals surface area contributed by atoms with Crippen LogP contribution in [-0.4, -0.2) is 44.7 Å². The van der Waals surface area contributed by atoms with E-state index in [1.807, 2.05) is 35.1 Å². The number of hydrogen-bond acceptors (Lipinski definition) is 7. The van der Waals surface area contributed by atoms with Crippen molar-refractivity contribution in [2.24, 2.45) is 0 Å². The van der Waals surface area contributed by atoms with Gasteiger partial charge in [-0.15, -0.1) is 11.3 Å². The number of thiazole rings is 1. The summed E-state index contributed by atoms with van der Waals surface area (Å²) in [7, 11) is 0. The van der Waals surface area contributed by atoms with E-state index >= 15 is 0 Å². The highest BCUT2D eigenvalue weighted by atomic mass is 32.1. The maximum Gasteiger partial charge on any atom is 0.222 e. The number of nitrogens with zero attached hydrogens (tertiary/aromatic N) is 4. The quantitative estimate of drug-likeness (QED) is 0.327. The molecule has 8 nitrogen and oxygen atoms in total. The summed E-state index contributed by atoms with van der Waals surface area (Å²) in [4.78, 5) is 34.2. The Kier molecular flexibility index (Phi) is 7.49. The number of rotatable bonds is 10. The molecule has 1 N–H and O–H groups in total. The van der Waals surface area contributed by atoms with E-state index in [4.69, 9.17) is 9.84 Å². The topological polar surface area (TPSA) is 99.0 Å². The molecule has 0 bridgehead atoms. The summed E-state index contributed by atoms with van der Waals surface area (Å²) in [5, 5.41) is 8.42. The van der Waals surface area contributed by atoms with Crippen LogP contribution in [0.2, 0.25) is 0 Å². The van der Waals surface area contributed by atoms with Crippen LogP contribution in [0.1, 0.15) is 46.2 Å². The van der Waals surface area contributed by atoms with Gasteiger partial charge >= 0.3 is 0 Å². The molecular formula is C29H31N5O3S. The van der Waals surface area contributed by atoms with Gasteiger partial charge in [-0.05, 0) is 62.6 Å². The summed E-state index contributed by atoms with van der Waals surface area (Å²) in [6, 6.07) is 14.1. The normalized spacial score (nSPS) is 14.2. The monoisotopic (exact) mass is 529 g/mol. The molecule has 4 heterocycles. The first-order chi connectivity index (χ1) is 18.3. The lowest BCUT2D eigenvalue weighted by atomic mass is 9.85. The Morgan fingerprint density at radius 1 is 1.08 bits per heavy atom. The highest BCUT2D eigenvalue weighted by Crippen LogP contribution is 2.32. The second kappa shape index (κ2) is 11.0. The van der Waals surface area contributed by atoms with Crippen molar-refractivity contribution in [1.82, 2.24) is 19.7 Å². The summed E-state index contributed by atoms with van der Waals surface area (Å²) >= 11 is 1.57. The van der Waals surface area contributed by atoms with Gasteiger partial charge in [-0.3, -0.25) is 9.59 Å². The average Bonchev–Trinajstić information content (AvgIpc) is 3.49. The zero-order valence-electron chi connectivity index (χ0n) is 21.9. The Hall–Kier alpha value is -3.69. The number of Topliss-reactive ketones (excluding diaryl/α,β-unsaturated/α-hetero) is 1. The van der Waals surface area contributed by atoms with Gasteiger partial charge in [-0.25, -0.2) is 14.6 Å².